The second-order valence-corrected chi connectivity index (χ2v) is 7.75. The molecule has 0 fully saturated rings. The third-order valence-electron chi connectivity index (χ3n) is 5.05. The lowest BCUT2D eigenvalue weighted by atomic mass is 9.98. The molecule has 0 bridgehead atoms. The van der Waals surface area contributed by atoms with E-state index in [1.54, 1.807) is 37.3 Å². The Hall–Kier alpha value is -4.41. The Kier molecular flexibility index (Phi) is 5.69. The zero-order chi connectivity index (χ0) is 23.7. The molecule has 0 atom stereocenters. The third kappa shape index (κ3) is 4.33. The molecule has 0 aliphatic carbocycles. The molecule has 2 heterocycles. The zero-order valence-corrected chi connectivity index (χ0v) is 18.2. The number of aromatic amines is 1. The van der Waals surface area contributed by atoms with Crippen molar-refractivity contribution in [2.45, 2.75) is 33.2 Å². The molecule has 11 nitrogen and oxygen atoms in total. The van der Waals surface area contributed by atoms with Crippen molar-refractivity contribution in [1.29, 1.82) is 0 Å². The standard InChI is InChI=1S/C22H22N6O5/c1-11(2)15-8-16(18(30)9-17(15)29)19-25-27-22(32)28(19)14-6-4-13(5-7-14)10-23-20(31)21-26-24-12(3)33-21/h4-9,11,29-30H,10H2,1-3H3,(H,23,31)(H,27,32). The molecule has 33 heavy (non-hydrogen) atoms. The lowest BCUT2D eigenvalue weighted by molar-refractivity contribution is 0.0915. The van der Waals surface area contributed by atoms with Gasteiger partial charge in [-0.3, -0.25) is 4.79 Å². The van der Waals surface area contributed by atoms with Gasteiger partial charge in [-0.25, -0.2) is 14.5 Å². The number of phenols is 2. The van der Waals surface area contributed by atoms with E-state index < -0.39 is 11.6 Å². The summed E-state index contributed by atoms with van der Waals surface area (Å²) in [5, 5.41) is 37.0. The van der Waals surface area contributed by atoms with Crippen molar-refractivity contribution in [3.63, 3.8) is 0 Å². The predicted octanol–water partition coefficient (Wildman–Crippen LogP) is 2.38. The molecular formula is C22H22N6O5. The lowest BCUT2D eigenvalue weighted by Crippen LogP contribution is -2.23. The van der Waals surface area contributed by atoms with Gasteiger partial charge in [-0.1, -0.05) is 26.0 Å². The number of H-pyrrole nitrogens is 1. The van der Waals surface area contributed by atoms with E-state index in [9.17, 15) is 19.8 Å². The normalized spacial score (nSPS) is 11.2. The number of hydrogen-bond acceptors (Lipinski definition) is 8. The van der Waals surface area contributed by atoms with E-state index in [-0.39, 0.29) is 35.7 Å². The number of amides is 1. The quantitative estimate of drug-likeness (QED) is 0.348. The maximum Gasteiger partial charge on any atom is 0.348 e. The number of rotatable bonds is 6. The summed E-state index contributed by atoms with van der Waals surface area (Å²) in [5.41, 5.74) is 1.71. The summed E-state index contributed by atoms with van der Waals surface area (Å²) in [6.45, 7) is 5.62. The number of nitrogens with zero attached hydrogens (tertiary/aromatic N) is 4. The van der Waals surface area contributed by atoms with E-state index in [0.29, 0.717) is 22.7 Å². The second kappa shape index (κ2) is 8.61. The molecule has 11 heteroatoms. The van der Waals surface area contributed by atoms with Crippen LogP contribution in [0.15, 0.2) is 45.6 Å². The van der Waals surface area contributed by atoms with Gasteiger partial charge < -0.3 is 19.9 Å². The molecule has 0 unspecified atom stereocenters. The van der Waals surface area contributed by atoms with Gasteiger partial charge in [-0.15, -0.1) is 10.2 Å². The molecule has 0 aliphatic rings. The summed E-state index contributed by atoms with van der Waals surface area (Å²) < 4.78 is 6.41. The third-order valence-corrected chi connectivity index (χ3v) is 5.05. The maximum absolute atomic E-state index is 12.5. The minimum absolute atomic E-state index is 0.00553. The van der Waals surface area contributed by atoms with Crippen LogP contribution in [0, 0.1) is 6.92 Å². The van der Waals surface area contributed by atoms with Crippen molar-refractivity contribution in [1.82, 2.24) is 30.3 Å². The zero-order valence-electron chi connectivity index (χ0n) is 18.2. The highest BCUT2D eigenvalue weighted by molar-refractivity contribution is 5.89. The van der Waals surface area contributed by atoms with Crippen molar-refractivity contribution < 1.29 is 19.4 Å². The van der Waals surface area contributed by atoms with Gasteiger partial charge in [0.1, 0.15) is 11.5 Å². The van der Waals surface area contributed by atoms with Crippen LogP contribution in [0.3, 0.4) is 0 Å². The molecule has 0 spiro atoms. The monoisotopic (exact) mass is 450 g/mol. The number of aromatic hydroxyl groups is 2. The van der Waals surface area contributed by atoms with Crippen LogP contribution in [0.1, 0.15) is 47.5 Å². The summed E-state index contributed by atoms with van der Waals surface area (Å²) in [7, 11) is 0. The Morgan fingerprint density at radius 2 is 1.88 bits per heavy atom. The SMILES string of the molecule is Cc1nnc(C(=O)NCc2ccc(-n3c(-c4cc(C(C)C)c(O)cc4O)n[nH]c3=O)cc2)o1. The smallest absolute Gasteiger partial charge is 0.348 e. The Balaban J connectivity index is 1.60. The molecule has 170 valence electrons. The van der Waals surface area contributed by atoms with Gasteiger partial charge in [0, 0.05) is 19.5 Å². The minimum atomic E-state index is -0.489. The van der Waals surface area contributed by atoms with E-state index in [1.165, 1.54) is 10.6 Å². The average Bonchev–Trinajstić information content (AvgIpc) is 3.38. The number of aryl methyl sites for hydroxylation is 1. The van der Waals surface area contributed by atoms with Gasteiger partial charge in [0.25, 0.3) is 0 Å². The van der Waals surface area contributed by atoms with E-state index in [2.05, 4.69) is 25.7 Å². The molecular weight excluding hydrogens is 428 g/mol. The number of hydrogen-bond donors (Lipinski definition) is 4. The van der Waals surface area contributed by atoms with Crippen molar-refractivity contribution in [2.75, 3.05) is 0 Å². The first-order valence-corrected chi connectivity index (χ1v) is 10.2. The number of aromatic nitrogens is 5. The fraction of sp³-hybridized carbons (Fsp3) is 0.227. The van der Waals surface area contributed by atoms with E-state index >= 15 is 0 Å². The molecule has 0 radical (unpaired) electrons. The molecule has 2 aromatic heterocycles. The molecule has 0 saturated carbocycles. The molecule has 0 aliphatic heterocycles. The van der Waals surface area contributed by atoms with Crippen molar-refractivity contribution >= 4 is 5.91 Å². The number of carbonyl (C=O) groups is 1. The highest BCUT2D eigenvalue weighted by atomic mass is 16.4. The Morgan fingerprint density at radius 1 is 1.15 bits per heavy atom. The average molecular weight is 450 g/mol. The summed E-state index contributed by atoms with van der Waals surface area (Å²) in [6.07, 6.45) is 0. The molecule has 4 aromatic rings. The highest BCUT2D eigenvalue weighted by Crippen LogP contribution is 2.37. The molecule has 4 N–H and O–H groups in total. The van der Waals surface area contributed by atoms with Gasteiger partial charge >= 0.3 is 17.5 Å². The summed E-state index contributed by atoms with van der Waals surface area (Å²) in [6, 6.07) is 9.73. The number of benzene rings is 2. The van der Waals surface area contributed by atoms with Crippen LogP contribution in [0.5, 0.6) is 11.5 Å². The van der Waals surface area contributed by atoms with Gasteiger partial charge in [-0.2, -0.15) is 5.10 Å². The molecule has 2 aromatic carbocycles. The first-order chi connectivity index (χ1) is 15.7. The molecule has 0 saturated heterocycles. The van der Waals surface area contributed by atoms with Crippen LogP contribution in [0.25, 0.3) is 17.1 Å². The fourth-order valence-corrected chi connectivity index (χ4v) is 3.36. The Bertz CT molecular complexity index is 1370. The predicted molar refractivity (Wildman–Crippen MR) is 117 cm³/mol. The fourth-order valence-electron chi connectivity index (χ4n) is 3.36. The van der Waals surface area contributed by atoms with Gasteiger partial charge in [0.05, 0.1) is 11.3 Å². The van der Waals surface area contributed by atoms with E-state index in [1.807, 2.05) is 13.8 Å². The first kappa shape index (κ1) is 21.8. The topological polar surface area (TPSA) is 159 Å². The van der Waals surface area contributed by atoms with Gasteiger partial charge in [0.2, 0.25) is 5.89 Å². The van der Waals surface area contributed by atoms with Crippen LogP contribution in [0.2, 0.25) is 0 Å². The lowest BCUT2D eigenvalue weighted by Gasteiger charge is -2.13. The first-order valence-electron chi connectivity index (χ1n) is 10.2. The van der Waals surface area contributed by atoms with Crippen LogP contribution in [-0.2, 0) is 6.54 Å². The van der Waals surface area contributed by atoms with Crippen LogP contribution in [0.4, 0.5) is 0 Å². The van der Waals surface area contributed by atoms with Crippen LogP contribution < -0.4 is 11.0 Å². The number of carbonyl (C=O) groups excluding carboxylic acids is 1. The number of nitrogens with one attached hydrogen (secondary N) is 2. The van der Waals surface area contributed by atoms with Crippen LogP contribution in [-0.4, -0.2) is 41.1 Å². The van der Waals surface area contributed by atoms with Crippen LogP contribution >= 0.6 is 0 Å². The molecule has 4 rings (SSSR count). The summed E-state index contributed by atoms with van der Waals surface area (Å²) in [4.78, 5) is 24.6. The number of phenolic OH excluding ortho intramolecular Hbond substituents is 2. The summed E-state index contributed by atoms with van der Waals surface area (Å²) in [5.74, 6) is -0.345. The van der Waals surface area contributed by atoms with Crippen molar-refractivity contribution in [3.05, 3.63) is 69.8 Å². The highest BCUT2D eigenvalue weighted by Gasteiger charge is 2.19. The van der Waals surface area contributed by atoms with Gasteiger partial charge in [-0.05, 0) is 35.2 Å². The van der Waals surface area contributed by atoms with Gasteiger partial charge in [0.15, 0.2) is 5.82 Å². The Labute approximate surface area is 187 Å². The maximum atomic E-state index is 12.5. The van der Waals surface area contributed by atoms with E-state index in [4.69, 9.17) is 4.42 Å². The Morgan fingerprint density at radius 3 is 2.52 bits per heavy atom. The summed E-state index contributed by atoms with van der Waals surface area (Å²) >= 11 is 0. The largest absolute Gasteiger partial charge is 0.508 e. The van der Waals surface area contributed by atoms with Crippen molar-refractivity contribution in [2.24, 2.45) is 0 Å². The second-order valence-electron chi connectivity index (χ2n) is 7.75. The molecule has 1 amide bonds. The van der Waals surface area contributed by atoms with E-state index in [0.717, 1.165) is 5.56 Å². The van der Waals surface area contributed by atoms with Crippen molar-refractivity contribution in [3.8, 4) is 28.6 Å². The minimum Gasteiger partial charge on any atom is -0.508 e.